The molecule has 3 N–H and O–H groups in total. The van der Waals surface area contributed by atoms with Crippen molar-refractivity contribution in [3.8, 4) is 18.1 Å². The average molecular weight is 351 g/mol. The molecule has 0 saturated heterocycles. The smallest absolute Gasteiger partial charge is 0.329 e. The summed E-state index contributed by atoms with van der Waals surface area (Å²) in [4.78, 5) is 17.7. The minimum Gasteiger partial charge on any atom is -0.497 e. The van der Waals surface area contributed by atoms with Crippen LogP contribution in [0.3, 0.4) is 0 Å². The van der Waals surface area contributed by atoms with Crippen LogP contribution in [0.1, 0.15) is 5.56 Å². The number of rotatable bonds is 4. The Balaban J connectivity index is 0.000000431. The second kappa shape index (κ2) is 9.01. The Morgan fingerprint density at radius 3 is 2.69 bits per heavy atom. The van der Waals surface area contributed by atoms with Crippen molar-refractivity contribution in [2.45, 2.75) is 0 Å². The van der Waals surface area contributed by atoms with Gasteiger partial charge >= 0.3 is 5.97 Å². The van der Waals surface area contributed by atoms with Crippen LogP contribution in [0.5, 0.6) is 5.75 Å². The van der Waals surface area contributed by atoms with E-state index in [1.165, 1.54) is 6.33 Å². The van der Waals surface area contributed by atoms with Crippen LogP contribution in [0.25, 0.3) is 10.9 Å². The first kappa shape index (κ1) is 18.7. The summed E-state index contributed by atoms with van der Waals surface area (Å²) in [6, 6.07) is 13.3. The van der Waals surface area contributed by atoms with Crippen molar-refractivity contribution in [3.63, 3.8) is 0 Å². The predicted octanol–water partition coefficient (Wildman–Crippen LogP) is 2.43. The minimum atomic E-state index is -1.19. The Morgan fingerprint density at radius 1 is 1.27 bits per heavy atom. The third-order valence-corrected chi connectivity index (χ3v) is 3.27. The summed E-state index contributed by atoms with van der Waals surface area (Å²) in [5, 5.41) is 19.2. The van der Waals surface area contributed by atoms with E-state index in [0.717, 1.165) is 33.7 Å². The molecular weight excluding hydrogens is 334 g/mol. The standard InChI is InChI=1S/C17H13N3O.C2H4O3/c1-3-12-5-4-6-13(9-12)20-17-15-8-7-14(21-2)10-16(15)18-11-19-17;3-1-2(4)5/h1,4-11H,2H3,(H,18,19,20);3H,1H2,(H,4,5). The number of fused-ring (bicyclic) bond motifs is 1. The van der Waals surface area contributed by atoms with Crippen LogP contribution >= 0.6 is 0 Å². The van der Waals surface area contributed by atoms with Crippen molar-refractivity contribution in [1.82, 2.24) is 9.97 Å². The number of benzene rings is 2. The molecule has 7 heteroatoms. The second-order valence-corrected chi connectivity index (χ2v) is 5.01. The zero-order valence-electron chi connectivity index (χ0n) is 14.0. The third-order valence-electron chi connectivity index (χ3n) is 3.27. The van der Waals surface area contributed by atoms with E-state index in [2.05, 4.69) is 21.2 Å². The number of hydrogen-bond donors (Lipinski definition) is 3. The lowest BCUT2D eigenvalue weighted by atomic mass is 10.2. The maximum absolute atomic E-state index is 9.12. The molecule has 1 aromatic heterocycles. The van der Waals surface area contributed by atoms with Crippen LogP contribution < -0.4 is 10.1 Å². The summed E-state index contributed by atoms with van der Waals surface area (Å²) in [7, 11) is 1.63. The lowest BCUT2D eigenvalue weighted by Crippen LogP contribution is -1.98. The van der Waals surface area contributed by atoms with E-state index < -0.39 is 12.6 Å². The molecule has 0 bridgehead atoms. The van der Waals surface area contributed by atoms with Gasteiger partial charge in [-0.15, -0.1) is 6.42 Å². The summed E-state index contributed by atoms with van der Waals surface area (Å²) >= 11 is 0. The molecule has 0 saturated carbocycles. The summed E-state index contributed by atoms with van der Waals surface area (Å²) in [5.74, 6) is 2.92. The molecule has 0 aliphatic heterocycles. The molecule has 3 rings (SSSR count). The molecule has 3 aromatic rings. The Kier molecular flexibility index (Phi) is 6.48. The number of carboxylic acid groups (broad SMARTS) is 1. The zero-order valence-corrected chi connectivity index (χ0v) is 14.0. The molecule has 0 aliphatic rings. The Hall–Kier alpha value is -3.63. The average Bonchev–Trinajstić information content (AvgIpc) is 2.68. The fourth-order valence-corrected chi connectivity index (χ4v) is 2.09. The van der Waals surface area contributed by atoms with Crippen LogP contribution in [-0.2, 0) is 4.79 Å². The Morgan fingerprint density at radius 2 is 2.04 bits per heavy atom. The minimum absolute atomic E-state index is 0.733. The highest BCUT2D eigenvalue weighted by Gasteiger charge is 2.05. The van der Waals surface area contributed by atoms with Crippen LogP contribution in [0.2, 0.25) is 0 Å². The van der Waals surface area contributed by atoms with E-state index >= 15 is 0 Å². The molecule has 0 radical (unpaired) electrons. The maximum atomic E-state index is 9.12. The molecule has 26 heavy (non-hydrogen) atoms. The van der Waals surface area contributed by atoms with Crippen LogP contribution in [0.4, 0.5) is 11.5 Å². The number of carboxylic acids is 1. The number of aromatic nitrogens is 2. The van der Waals surface area contributed by atoms with E-state index in [1.807, 2.05) is 42.5 Å². The van der Waals surface area contributed by atoms with Crippen molar-refractivity contribution >= 4 is 28.4 Å². The van der Waals surface area contributed by atoms with E-state index in [9.17, 15) is 0 Å². The zero-order chi connectivity index (χ0) is 18.9. The summed E-state index contributed by atoms with van der Waals surface area (Å²) in [6.45, 7) is -0.778. The van der Waals surface area contributed by atoms with Gasteiger partial charge in [-0.25, -0.2) is 14.8 Å². The molecule has 2 aromatic carbocycles. The number of aliphatic carboxylic acids is 1. The highest BCUT2D eigenvalue weighted by molar-refractivity contribution is 5.91. The number of methoxy groups -OCH3 is 1. The molecule has 1 heterocycles. The first-order chi connectivity index (χ1) is 12.6. The number of aliphatic hydroxyl groups is 1. The maximum Gasteiger partial charge on any atom is 0.329 e. The Bertz CT molecular complexity index is 951. The molecule has 0 amide bonds. The SMILES string of the molecule is C#Cc1cccc(Nc2ncnc3cc(OC)ccc23)c1.O=C(O)CO. The van der Waals surface area contributed by atoms with Gasteiger partial charge in [-0.2, -0.15) is 0 Å². The van der Waals surface area contributed by atoms with E-state index in [0.29, 0.717) is 0 Å². The van der Waals surface area contributed by atoms with Crippen molar-refractivity contribution in [3.05, 3.63) is 54.4 Å². The van der Waals surface area contributed by atoms with Crippen molar-refractivity contribution in [1.29, 1.82) is 0 Å². The van der Waals surface area contributed by atoms with Crippen molar-refractivity contribution < 1.29 is 19.7 Å². The highest BCUT2D eigenvalue weighted by Crippen LogP contribution is 2.26. The van der Waals surface area contributed by atoms with Crippen LogP contribution in [-0.4, -0.2) is 39.9 Å². The first-order valence-corrected chi connectivity index (χ1v) is 7.52. The largest absolute Gasteiger partial charge is 0.497 e. The topological polar surface area (TPSA) is 105 Å². The van der Waals surface area contributed by atoms with Gasteiger partial charge in [0.05, 0.1) is 12.6 Å². The van der Waals surface area contributed by atoms with Crippen molar-refractivity contribution in [2.75, 3.05) is 19.0 Å². The van der Waals surface area contributed by atoms with Crippen LogP contribution in [0.15, 0.2) is 48.8 Å². The van der Waals surface area contributed by atoms with Gasteiger partial charge in [-0.3, -0.25) is 0 Å². The number of aliphatic hydroxyl groups excluding tert-OH is 1. The van der Waals surface area contributed by atoms with Gasteiger partial charge in [0.25, 0.3) is 0 Å². The van der Waals surface area contributed by atoms with Gasteiger partial charge in [0.1, 0.15) is 24.5 Å². The van der Waals surface area contributed by atoms with E-state index in [-0.39, 0.29) is 0 Å². The molecule has 0 unspecified atom stereocenters. The molecule has 0 fully saturated rings. The molecule has 132 valence electrons. The monoisotopic (exact) mass is 351 g/mol. The van der Waals surface area contributed by atoms with Gasteiger partial charge in [0, 0.05) is 22.7 Å². The van der Waals surface area contributed by atoms with Gasteiger partial charge in [0.2, 0.25) is 0 Å². The molecular formula is C19H17N3O4. The number of nitrogens with one attached hydrogen (secondary N) is 1. The van der Waals surface area contributed by atoms with E-state index in [1.54, 1.807) is 7.11 Å². The van der Waals surface area contributed by atoms with E-state index in [4.69, 9.17) is 26.2 Å². The Labute approximate surface area is 150 Å². The lowest BCUT2D eigenvalue weighted by Gasteiger charge is -2.09. The summed E-state index contributed by atoms with van der Waals surface area (Å²) < 4.78 is 5.21. The fourth-order valence-electron chi connectivity index (χ4n) is 2.09. The predicted molar refractivity (Wildman–Crippen MR) is 98.5 cm³/mol. The highest BCUT2D eigenvalue weighted by atomic mass is 16.5. The van der Waals surface area contributed by atoms with Crippen molar-refractivity contribution in [2.24, 2.45) is 0 Å². The normalized spacial score (nSPS) is 9.58. The second-order valence-electron chi connectivity index (χ2n) is 5.01. The molecule has 7 nitrogen and oxygen atoms in total. The lowest BCUT2D eigenvalue weighted by molar-refractivity contribution is -0.140. The molecule has 0 aliphatic carbocycles. The summed E-state index contributed by atoms with van der Waals surface area (Å²) in [6.07, 6.45) is 6.94. The number of terminal acetylenes is 1. The fraction of sp³-hybridized carbons (Fsp3) is 0.105. The van der Waals surface area contributed by atoms with Crippen LogP contribution in [0, 0.1) is 12.3 Å². The van der Waals surface area contributed by atoms with Gasteiger partial charge in [-0.05, 0) is 30.3 Å². The van der Waals surface area contributed by atoms with Gasteiger partial charge in [-0.1, -0.05) is 12.0 Å². The van der Waals surface area contributed by atoms with Gasteiger partial charge in [0.15, 0.2) is 0 Å². The molecule has 0 spiro atoms. The molecule has 0 atom stereocenters. The third kappa shape index (κ3) is 4.93. The quantitative estimate of drug-likeness (QED) is 0.620. The number of anilines is 2. The first-order valence-electron chi connectivity index (χ1n) is 7.52. The number of hydrogen-bond acceptors (Lipinski definition) is 6. The van der Waals surface area contributed by atoms with Gasteiger partial charge < -0.3 is 20.3 Å². The number of nitrogens with zero attached hydrogens (tertiary/aromatic N) is 2. The number of carbonyl (C=O) groups is 1. The number of ether oxygens (including phenoxy) is 1. The summed E-state index contributed by atoms with van der Waals surface area (Å²) in [5.41, 5.74) is 2.53.